The van der Waals surface area contributed by atoms with Crippen molar-refractivity contribution in [3.8, 4) is 5.75 Å². The Morgan fingerprint density at radius 3 is 2.81 bits per heavy atom. The van der Waals surface area contributed by atoms with E-state index in [1.54, 1.807) is 44.4 Å². The highest BCUT2D eigenvalue weighted by molar-refractivity contribution is 8.01. The van der Waals surface area contributed by atoms with Gasteiger partial charge in [-0.2, -0.15) is 0 Å². The Bertz CT molecular complexity index is 974. The van der Waals surface area contributed by atoms with Gasteiger partial charge < -0.3 is 25.4 Å². The van der Waals surface area contributed by atoms with Gasteiger partial charge in [-0.3, -0.25) is 0 Å². The minimum absolute atomic E-state index is 0.223. The average molecular weight is 462 g/mol. The molecule has 2 aromatic rings. The third kappa shape index (κ3) is 5.76. The Balaban J connectivity index is 1.87. The number of urea groups is 1. The van der Waals surface area contributed by atoms with Crippen LogP contribution in [0.1, 0.15) is 18.5 Å². The van der Waals surface area contributed by atoms with Gasteiger partial charge in [-0.1, -0.05) is 41.3 Å². The summed E-state index contributed by atoms with van der Waals surface area (Å²) < 4.78 is 11.2. The number of rotatable bonds is 10. The number of carbonyl (C=O) groups is 2. The number of amides is 2. The lowest BCUT2D eigenvalue weighted by Crippen LogP contribution is -2.46. The van der Waals surface area contributed by atoms with Gasteiger partial charge in [0.25, 0.3) is 0 Å². The van der Waals surface area contributed by atoms with E-state index in [-0.39, 0.29) is 6.61 Å². The summed E-state index contributed by atoms with van der Waals surface area (Å²) in [5.74, 6) is 0.514. The molecule has 3 N–H and O–H groups in total. The largest absolute Gasteiger partial charge is 0.497 e. The molecule has 0 spiro atoms. The molecular weight excluding hydrogens is 438 g/mol. The molecule has 0 radical (unpaired) electrons. The van der Waals surface area contributed by atoms with Crippen LogP contribution in [0.25, 0.3) is 0 Å². The molecule has 164 valence electrons. The number of methoxy groups -OCH3 is 1. The zero-order chi connectivity index (χ0) is 22.2. The molecule has 1 unspecified atom stereocenters. The normalized spacial score (nSPS) is 15.7. The fourth-order valence-corrected chi connectivity index (χ4v) is 4.59. The first-order valence-corrected chi connectivity index (χ1v) is 11.3. The van der Waals surface area contributed by atoms with E-state index in [1.807, 2.05) is 0 Å². The molecule has 0 saturated heterocycles. The van der Waals surface area contributed by atoms with Gasteiger partial charge in [0, 0.05) is 18.0 Å². The Labute approximate surface area is 188 Å². The first-order valence-electron chi connectivity index (χ1n) is 9.48. The van der Waals surface area contributed by atoms with Crippen LogP contribution in [0.4, 0.5) is 9.93 Å². The summed E-state index contributed by atoms with van der Waals surface area (Å²) in [7, 11) is 1.58. The first-order chi connectivity index (χ1) is 15.0. The molecule has 1 aliphatic rings. The molecule has 1 aromatic heterocycles. The minimum Gasteiger partial charge on any atom is -0.497 e. The third-order valence-corrected chi connectivity index (χ3v) is 6.28. The highest BCUT2D eigenvalue weighted by Gasteiger charge is 2.33. The number of nitrogens with one attached hydrogen (secondary N) is 3. The number of esters is 1. The summed E-state index contributed by atoms with van der Waals surface area (Å²) >= 11 is 2.76. The van der Waals surface area contributed by atoms with Gasteiger partial charge in [0.2, 0.25) is 5.13 Å². The number of aromatic nitrogens is 2. The Morgan fingerprint density at radius 1 is 1.35 bits per heavy atom. The maximum absolute atomic E-state index is 12.8. The van der Waals surface area contributed by atoms with E-state index < -0.39 is 18.0 Å². The molecule has 0 aliphatic carbocycles. The molecule has 0 saturated carbocycles. The van der Waals surface area contributed by atoms with E-state index in [1.165, 1.54) is 23.1 Å². The van der Waals surface area contributed by atoms with Crippen molar-refractivity contribution in [3.63, 3.8) is 0 Å². The van der Waals surface area contributed by atoms with Crippen molar-refractivity contribution in [2.24, 2.45) is 0 Å². The molecule has 0 fully saturated rings. The number of anilines is 1. The molecule has 2 heterocycles. The zero-order valence-electron chi connectivity index (χ0n) is 17.1. The van der Waals surface area contributed by atoms with Crippen molar-refractivity contribution in [1.82, 2.24) is 20.8 Å². The first kappa shape index (κ1) is 22.6. The summed E-state index contributed by atoms with van der Waals surface area (Å²) in [6, 6.07) is 6.13. The van der Waals surface area contributed by atoms with Gasteiger partial charge in [-0.05, 0) is 24.6 Å². The zero-order valence-corrected chi connectivity index (χ0v) is 18.8. The van der Waals surface area contributed by atoms with Gasteiger partial charge >= 0.3 is 12.0 Å². The lowest BCUT2D eigenvalue weighted by atomic mass is 9.95. The van der Waals surface area contributed by atoms with Crippen molar-refractivity contribution < 1.29 is 19.1 Å². The van der Waals surface area contributed by atoms with E-state index in [0.29, 0.717) is 38.8 Å². The van der Waals surface area contributed by atoms with Gasteiger partial charge in [-0.25, -0.2) is 9.59 Å². The van der Waals surface area contributed by atoms with Crippen LogP contribution >= 0.6 is 23.1 Å². The average Bonchev–Trinajstić information content (AvgIpc) is 3.23. The maximum atomic E-state index is 12.8. The minimum atomic E-state index is -0.645. The van der Waals surface area contributed by atoms with Crippen molar-refractivity contribution >= 4 is 40.2 Å². The van der Waals surface area contributed by atoms with E-state index in [9.17, 15) is 9.59 Å². The van der Waals surface area contributed by atoms with Crippen LogP contribution in [0.5, 0.6) is 5.75 Å². The summed E-state index contributed by atoms with van der Waals surface area (Å²) in [5, 5.41) is 17.5. The van der Waals surface area contributed by atoms with E-state index >= 15 is 0 Å². The second kappa shape index (κ2) is 10.8. The van der Waals surface area contributed by atoms with Crippen LogP contribution in [0.3, 0.4) is 0 Å². The summed E-state index contributed by atoms with van der Waals surface area (Å²) in [6.07, 6.45) is 1.73. The molecule has 31 heavy (non-hydrogen) atoms. The topological polar surface area (TPSA) is 114 Å². The Morgan fingerprint density at radius 2 is 2.13 bits per heavy atom. The summed E-state index contributed by atoms with van der Waals surface area (Å²) in [5.41, 5.74) is 1.57. The van der Waals surface area contributed by atoms with Gasteiger partial charge in [-0.15, -0.1) is 16.8 Å². The fraction of sp³-hybridized carbons (Fsp3) is 0.300. The van der Waals surface area contributed by atoms with E-state index in [0.717, 1.165) is 5.56 Å². The number of hydrogen-bond donors (Lipinski definition) is 3. The monoisotopic (exact) mass is 461 g/mol. The number of ether oxygens (including phenoxy) is 2. The van der Waals surface area contributed by atoms with Gasteiger partial charge in [0.1, 0.15) is 5.75 Å². The van der Waals surface area contributed by atoms with Crippen molar-refractivity contribution in [2.75, 3.05) is 31.3 Å². The molecule has 11 heteroatoms. The van der Waals surface area contributed by atoms with Crippen LogP contribution in [-0.2, 0) is 9.53 Å². The number of carbonyl (C=O) groups excluding carboxylic acids is 2. The second-order valence-electron chi connectivity index (χ2n) is 6.25. The smallest absolute Gasteiger partial charge is 0.338 e. The Hall–Kier alpha value is -3.05. The van der Waals surface area contributed by atoms with Crippen molar-refractivity contribution in [1.29, 1.82) is 0 Å². The molecule has 9 nitrogen and oxygen atoms in total. The van der Waals surface area contributed by atoms with E-state index in [4.69, 9.17) is 9.47 Å². The molecule has 0 bridgehead atoms. The van der Waals surface area contributed by atoms with Crippen molar-refractivity contribution in [3.05, 3.63) is 53.8 Å². The molecular formula is C20H23N5O4S2. The van der Waals surface area contributed by atoms with Gasteiger partial charge in [0.15, 0.2) is 4.34 Å². The lowest BCUT2D eigenvalue weighted by Gasteiger charge is -2.29. The Kier molecular flexibility index (Phi) is 7.90. The standard InChI is InChI=1S/C20H23N5O4S2/c1-4-10-21-19-24-25-20(31-19)30-11-14-15(17(26)29-5-2)16(23-18(27)22-14)12-6-8-13(28-3)9-7-12/h4,6-9,16H,1,5,10-11H2,2-3H3,(H,21,24)(H2,22,23,27). The molecule has 1 atom stereocenters. The highest BCUT2D eigenvalue weighted by Crippen LogP contribution is 2.32. The highest BCUT2D eigenvalue weighted by atomic mass is 32.2. The van der Waals surface area contributed by atoms with Gasteiger partial charge in [0.05, 0.1) is 25.3 Å². The molecule has 3 rings (SSSR count). The maximum Gasteiger partial charge on any atom is 0.338 e. The summed E-state index contributed by atoms with van der Waals surface area (Å²) in [4.78, 5) is 25.2. The number of benzene rings is 1. The van der Waals surface area contributed by atoms with Crippen molar-refractivity contribution in [2.45, 2.75) is 17.3 Å². The van der Waals surface area contributed by atoms with Crippen LogP contribution in [0.2, 0.25) is 0 Å². The van der Waals surface area contributed by atoms with Crippen LogP contribution in [0, 0.1) is 0 Å². The third-order valence-electron chi connectivity index (χ3n) is 4.24. The molecule has 1 aliphatic heterocycles. The lowest BCUT2D eigenvalue weighted by molar-refractivity contribution is -0.139. The van der Waals surface area contributed by atoms with Crippen LogP contribution in [-0.4, -0.2) is 48.2 Å². The SMILES string of the molecule is C=CCNc1nnc(SCC2=C(C(=O)OCC)C(c3ccc(OC)cc3)NC(=O)N2)s1. The second-order valence-corrected chi connectivity index (χ2v) is 8.45. The number of hydrogen-bond acceptors (Lipinski definition) is 9. The quantitative estimate of drug-likeness (QED) is 0.281. The summed E-state index contributed by atoms with van der Waals surface area (Å²) in [6.45, 7) is 6.20. The number of nitrogens with zero attached hydrogens (tertiary/aromatic N) is 2. The molecule has 1 aromatic carbocycles. The fourth-order valence-electron chi connectivity index (χ4n) is 2.86. The molecule has 2 amide bonds. The predicted octanol–water partition coefficient (Wildman–Crippen LogP) is 3.11. The van der Waals surface area contributed by atoms with E-state index in [2.05, 4.69) is 32.7 Å². The van der Waals surface area contributed by atoms with Crippen LogP contribution < -0.4 is 20.7 Å². The van der Waals surface area contributed by atoms with Crippen LogP contribution in [0.15, 0.2) is 52.5 Å². The number of thioether (sulfide) groups is 1. The predicted molar refractivity (Wildman–Crippen MR) is 120 cm³/mol.